The van der Waals surface area contributed by atoms with Crippen molar-refractivity contribution in [2.75, 3.05) is 6.54 Å². The van der Waals surface area contributed by atoms with Crippen LogP contribution in [0, 0.1) is 0 Å². The van der Waals surface area contributed by atoms with E-state index >= 15 is 0 Å². The molecule has 1 aromatic rings. The van der Waals surface area contributed by atoms with Crippen LogP contribution in [0.1, 0.15) is 28.4 Å². The van der Waals surface area contributed by atoms with Crippen molar-refractivity contribution in [2.45, 2.75) is 12.5 Å². The number of hydrogen-bond acceptors (Lipinski definition) is 3. The minimum absolute atomic E-state index is 0.0706. The monoisotopic (exact) mass is 177 g/mol. The molecule has 1 aromatic carbocycles. The molecule has 13 heavy (non-hydrogen) atoms. The minimum Gasteiger partial charge on any atom is -0.507 e. The quantitative estimate of drug-likeness (QED) is 0.668. The van der Waals surface area contributed by atoms with Gasteiger partial charge in [-0.05, 0) is 30.7 Å². The molecule has 2 rings (SSSR count). The third kappa shape index (κ3) is 1.42. The summed E-state index contributed by atoms with van der Waals surface area (Å²) in [6.45, 7) is 1.03. The van der Waals surface area contributed by atoms with Crippen molar-refractivity contribution >= 4 is 6.29 Å². The molecule has 0 aliphatic carbocycles. The topological polar surface area (TPSA) is 49.3 Å². The lowest BCUT2D eigenvalue weighted by molar-refractivity contribution is 0.112. The zero-order valence-corrected chi connectivity index (χ0v) is 7.16. The van der Waals surface area contributed by atoms with Gasteiger partial charge < -0.3 is 10.4 Å². The van der Waals surface area contributed by atoms with E-state index in [-0.39, 0.29) is 5.75 Å². The Kier molecular flexibility index (Phi) is 2.02. The lowest BCUT2D eigenvalue weighted by atomic mass is 9.97. The largest absolute Gasteiger partial charge is 0.507 e. The van der Waals surface area contributed by atoms with Gasteiger partial charge in [-0.1, -0.05) is 6.07 Å². The van der Waals surface area contributed by atoms with Crippen molar-refractivity contribution in [1.29, 1.82) is 0 Å². The molecule has 1 aliphatic rings. The number of rotatable bonds is 2. The minimum atomic E-state index is 0.0706. The summed E-state index contributed by atoms with van der Waals surface area (Å²) in [4.78, 5) is 10.4. The zero-order chi connectivity index (χ0) is 9.26. The fraction of sp³-hybridized carbons (Fsp3) is 0.300. The maximum Gasteiger partial charge on any atom is 0.153 e. The van der Waals surface area contributed by atoms with Gasteiger partial charge in [-0.3, -0.25) is 4.79 Å². The Morgan fingerprint density at radius 1 is 1.54 bits per heavy atom. The molecule has 68 valence electrons. The molecule has 1 aliphatic heterocycles. The number of carbonyl (C=O) groups excluding carboxylic acids is 1. The number of phenolic OH excluding ortho intramolecular Hbond substituents is 1. The summed E-state index contributed by atoms with van der Waals surface area (Å²) in [6, 6.07) is 5.53. The van der Waals surface area contributed by atoms with Crippen molar-refractivity contribution < 1.29 is 9.90 Å². The molecule has 3 heteroatoms. The highest BCUT2D eigenvalue weighted by molar-refractivity contribution is 5.79. The van der Waals surface area contributed by atoms with Crippen LogP contribution >= 0.6 is 0 Å². The maximum atomic E-state index is 10.4. The van der Waals surface area contributed by atoms with Gasteiger partial charge in [-0.15, -0.1) is 0 Å². The number of aromatic hydroxyl groups is 1. The summed E-state index contributed by atoms with van der Waals surface area (Å²) in [6.07, 6.45) is 1.76. The van der Waals surface area contributed by atoms with Crippen molar-refractivity contribution in [2.24, 2.45) is 0 Å². The number of phenols is 1. The molecule has 1 atom stereocenters. The Bertz CT molecular complexity index is 332. The Labute approximate surface area is 76.4 Å². The lowest BCUT2D eigenvalue weighted by Crippen LogP contribution is -2.34. The molecule has 1 heterocycles. The fourth-order valence-corrected chi connectivity index (χ4v) is 1.45. The highest BCUT2D eigenvalue weighted by atomic mass is 16.3. The highest BCUT2D eigenvalue weighted by Gasteiger charge is 2.18. The SMILES string of the molecule is O=Cc1ccc(C2CCN2)cc1O. The molecule has 1 saturated heterocycles. The summed E-state index contributed by atoms with van der Waals surface area (Å²) in [5.41, 5.74) is 1.40. The lowest BCUT2D eigenvalue weighted by Gasteiger charge is -2.28. The van der Waals surface area contributed by atoms with Gasteiger partial charge in [0.25, 0.3) is 0 Å². The second-order valence-corrected chi connectivity index (χ2v) is 3.23. The van der Waals surface area contributed by atoms with Crippen LogP contribution in [0.15, 0.2) is 18.2 Å². The smallest absolute Gasteiger partial charge is 0.153 e. The molecule has 1 fully saturated rings. The molecule has 3 nitrogen and oxygen atoms in total. The molecule has 0 amide bonds. The summed E-state index contributed by atoms with van der Waals surface area (Å²) >= 11 is 0. The Hall–Kier alpha value is -1.35. The molecule has 2 N–H and O–H groups in total. The van der Waals surface area contributed by atoms with Crippen LogP contribution in [0.3, 0.4) is 0 Å². The van der Waals surface area contributed by atoms with E-state index in [9.17, 15) is 9.90 Å². The van der Waals surface area contributed by atoms with E-state index in [0.29, 0.717) is 17.9 Å². The average molecular weight is 177 g/mol. The van der Waals surface area contributed by atoms with Crippen LogP contribution in [0.25, 0.3) is 0 Å². The molecule has 1 unspecified atom stereocenters. The van der Waals surface area contributed by atoms with E-state index in [2.05, 4.69) is 5.32 Å². The van der Waals surface area contributed by atoms with E-state index < -0.39 is 0 Å². The number of carbonyl (C=O) groups is 1. The first-order valence-electron chi connectivity index (χ1n) is 4.33. The van der Waals surface area contributed by atoms with E-state index in [1.807, 2.05) is 6.07 Å². The van der Waals surface area contributed by atoms with Gasteiger partial charge in [0.1, 0.15) is 5.75 Å². The number of hydrogen-bond donors (Lipinski definition) is 2. The van der Waals surface area contributed by atoms with Crippen LogP contribution in [-0.2, 0) is 0 Å². The number of benzene rings is 1. The summed E-state index contributed by atoms with van der Waals surface area (Å²) in [5.74, 6) is 0.0706. The molecular weight excluding hydrogens is 166 g/mol. The van der Waals surface area contributed by atoms with Crippen LogP contribution in [0.4, 0.5) is 0 Å². The predicted octanol–water partition coefficient (Wildman–Crippen LogP) is 1.24. The van der Waals surface area contributed by atoms with Gasteiger partial charge >= 0.3 is 0 Å². The normalized spacial score (nSPS) is 20.8. The molecule has 0 spiro atoms. The van der Waals surface area contributed by atoms with Gasteiger partial charge in [-0.25, -0.2) is 0 Å². The van der Waals surface area contributed by atoms with Crippen molar-refractivity contribution in [3.05, 3.63) is 29.3 Å². The summed E-state index contributed by atoms with van der Waals surface area (Å²) in [7, 11) is 0. The van der Waals surface area contributed by atoms with Crippen LogP contribution in [0.5, 0.6) is 5.75 Å². The van der Waals surface area contributed by atoms with Gasteiger partial charge in [-0.2, -0.15) is 0 Å². The van der Waals surface area contributed by atoms with Crippen molar-refractivity contribution in [3.8, 4) is 5.75 Å². The Morgan fingerprint density at radius 2 is 2.31 bits per heavy atom. The second-order valence-electron chi connectivity index (χ2n) is 3.23. The second kappa shape index (κ2) is 3.18. The molecular formula is C10H11NO2. The van der Waals surface area contributed by atoms with Crippen LogP contribution in [-0.4, -0.2) is 17.9 Å². The van der Waals surface area contributed by atoms with E-state index in [0.717, 1.165) is 18.5 Å². The van der Waals surface area contributed by atoms with Crippen molar-refractivity contribution in [1.82, 2.24) is 5.32 Å². The standard InChI is InChI=1S/C10H11NO2/c12-6-8-2-1-7(5-10(8)13)9-3-4-11-9/h1-2,5-6,9,11,13H,3-4H2. The van der Waals surface area contributed by atoms with Crippen LogP contribution in [0.2, 0.25) is 0 Å². The maximum absolute atomic E-state index is 10.4. The molecule has 0 radical (unpaired) electrons. The van der Waals surface area contributed by atoms with Gasteiger partial charge in [0.2, 0.25) is 0 Å². The van der Waals surface area contributed by atoms with Crippen molar-refractivity contribution in [3.63, 3.8) is 0 Å². The average Bonchev–Trinajstić information content (AvgIpc) is 2.01. The Morgan fingerprint density at radius 3 is 2.77 bits per heavy atom. The molecule has 0 saturated carbocycles. The third-order valence-electron chi connectivity index (χ3n) is 2.41. The van der Waals surface area contributed by atoms with Gasteiger partial charge in [0.15, 0.2) is 6.29 Å². The first-order chi connectivity index (χ1) is 6.31. The summed E-state index contributed by atoms with van der Waals surface area (Å²) in [5, 5.41) is 12.6. The predicted molar refractivity (Wildman–Crippen MR) is 48.9 cm³/mol. The number of aldehydes is 1. The van der Waals surface area contributed by atoms with E-state index in [4.69, 9.17) is 0 Å². The Balaban J connectivity index is 2.29. The highest BCUT2D eigenvalue weighted by Crippen LogP contribution is 2.26. The first-order valence-corrected chi connectivity index (χ1v) is 4.33. The third-order valence-corrected chi connectivity index (χ3v) is 2.41. The van der Waals surface area contributed by atoms with E-state index in [1.165, 1.54) is 0 Å². The molecule has 0 bridgehead atoms. The fourth-order valence-electron chi connectivity index (χ4n) is 1.45. The zero-order valence-electron chi connectivity index (χ0n) is 7.16. The van der Waals surface area contributed by atoms with Crippen LogP contribution < -0.4 is 5.32 Å². The van der Waals surface area contributed by atoms with Gasteiger partial charge in [0.05, 0.1) is 5.56 Å². The summed E-state index contributed by atoms with van der Waals surface area (Å²) < 4.78 is 0. The van der Waals surface area contributed by atoms with Gasteiger partial charge in [0, 0.05) is 6.04 Å². The number of nitrogens with one attached hydrogen (secondary N) is 1. The molecule has 0 aromatic heterocycles. The first kappa shape index (κ1) is 8.26. The van der Waals surface area contributed by atoms with E-state index in [1.54, 1.807) is 12.1 Å².